The number of carbonyl (C=O) groups excluding carboxylic acids is 2. The van der Waals surface area contributed by atoms with E-state index in [0.717, 1.165) is 11.3 Å². The molecule has 1 N–H and O–H groups in total. The molecule has 2 heterocycles. The number of rotatable bonds is 6. The zero-order chi connectivity index (χ0) is 21.5. The lowest BCUT2D eigenvalue weighted by Crippen LogP contribution is -2.55. The summed E-state index contributed by atoms with van der Waals surface area (Å²) in [5.74, 6) is -0.414. The number of esters is 1. The second-order valence-corrected chi connectivity index (χ2v) is 7.14. The number of ether oxygens (including phenoxy) is 3. The molecular formula is C22H27N3O5. The Morgan fingerprint density at radius 2 is 2.00 bits per heavy atom. The first-order valence-electron chi connectivity index (χ1n) is 9.81. The van der Waals surface area contributed by atoms with E-state index in [4.69, 9.17) is 14.2 Å². The first-order chi connectivity index (χ1) is 14.5. The standard InChI is InChI=1S/C22H27N3O5/c1-15-18(21(26)29-3)11-17(12-23-15)25-10-9-19(20(13-25)28-2)24-22(27)30-14-16-7-5-4-6-8-16/h4-8,11-12,19-20H,9-10,13-14H2,1-3H3,(H,24,27)/t19-,20+/m1/s1. The van der Waals surface area contributed by atoms with Crippen LogP contribution in [0, 0.1) is 6.92 Å². The van der Waals surface area contributed by atoms with Crippen molar-refractivity contribution in [3.05, 3.63) is 59.4 Å². The summed E-state index contributed by atoms with van der Waals surface area (Å²) in [7, 11) is 2.97. The Morgan fingerprint density at radius 1 is 1.23 bits per heavy atom. The molecule has 30 heavy (non-hydrogen) atoms. The summed E-state index contributed by atoms with van der Waals surface area (Å²) in [6, 6.07) is 11.1. The fourth-order valence-corrected chi connectivity index (χ4v) is 3.48. The fraction of sp³-hybridized carbons (Fsp3) is 0.409. The van der Waals surface area contributed by atoms with E-state index in [1.165, 1.54) is 7.11 Å². The molecule has 1 aromatic carbocycles. The van der Waals surface area contributed by atoms with Crippen LogP contribution in [0.2, 0.25) is 0 Å². The lowest BCUT2D eigenvalue weighted by molar-refractivity contribution is 0.0545. The predicted molar refractivity (Wildman–Crippen MR) is 111 cm³/mol. The van der Waals surface area contributed by atoms with E-state index in [2.05, 4.69) is 15.2 Å². The van der Waals surface area contributed by atoms with E-state index in [0.29, 0.717) is 30.8 Å². The highest BCUT2D eigenvalue weighted by molar-refractivity contribution is 5.91. The quantitative estimate of drug-likeness (QED) is 0.728. The van der Waals surface area contributed by atoms with Crippen molar-refractivity contribution in [2.45, 2.75) is 32.1 Å². The van der Waals surface area contributed by atoms with Crippen LogP contribution in [0.5, 0.6) is 0 Å². The Morgan fingerprint density at radius 3 is 2.70 bits per heavy atom. The van der Waals surface area contributed by atoms with Gasteiger partial charge >= 0.3 is 12.1 Å². The lowest BCUT2D eigenvalue weighted by Gasteiger charge is -2.39. The van der Waals surface area contributed by atoms with Gasteiger partial charge in [0.25, 0.3) is 0 Å². The Bertz CT molecular complexity index is 874. The number of pyridine rings is 1. The second kappa shape index (κ2) is 10.1. The minimum atomic E-state index is -0.468. The topological polar surface area (TPSA) is 90.0 Å². The Balaban J connectivity index is 1.59. The zero-order valence-corrected chi connectivity index (χ0v) is 17.5. The molecule has 1 saturated heterocycles. The highest BCUT2D eigenvalue weighted by atomic mass is 16.5. The average molecular weight is 413 g/mol. The minimum Gasteiger partial charge on any atom is -0.465 e. The molecule has 0 bridgehead atoms. The number of methoxy groups -OCH3 is 2. The van der Waals surface area contributed by atoms with E-state index in [9.17, 15) is 9.59 Å². The number of amides is 1. The molecule has 160 valence electrons. The first kappa shape index (κ1) is 21.6. The number of aromatic nitrogens is 1. The molecule has 1 aromatic heterocycles. The predicted octanol–water partition coefficient (Wildman–Crippen LogP) is 2.70. The normalized spacial score (nSPS) is 18.6. The van der Waals surface area contributed by atoms with Gasteiger partial charge in [-0.3, -0.25) is 4.98 Å². The number of benzene rings is 1. The molecule has 0 spiro atoms. The fourth-order valence-electron chi connectivity index (χ4n) is 3.48. The molecule has 0 radical (unpaired) electrons. The summed E-state index contributed by atoms with van der Waals surface area (Å²) in [6.45, 7) is 3.21. The van der Waals surface area contributed by atoms with Gasteiger partial charge in [0.05, 0.1) is 42.4 Å². The third kappa shape index (κ3) is 5.27. The van der Waals surface area contributed by atoms with Crippen LogP contribution in [0.1, 0.15) is 28.0 Å². The number of nitrogens with zero attached hydrogens (tertiary/aromatic N) is 2. The van der Waals surface area contributed by atoms with Crippen LogP contribution in [0.4, 0.5) is 10.5 Å². The van der Waals surface area contributed by atoms with Crippen LogP contribution < -0.4 is 10.2 Å². The van der Waals surface area contributed by atoms with Gasteiger partial charge in [-0.05, 0) is 25.0 Å². The van der Waals surface area contributed by atoms with E-state index in [-0.39, 0.29) is 18.8 Å². The largest absolute Gasteiger partial charge is 0.465 e. The second-order valence-electron chi connectivity index (χ2n) is 7.14. The van der Waals surface area contributed by atoms with Crippen LogP contribution in [-0.2, 0) is 20.8 Å². The maximum absolute atomic E-state index is 12.2. The lowest BCUT2D eigenvalue weighted by atomic mass is 10.0. The maximum Gasteiger partial charge on any atom is 0.407 e. The smallest absolute Gasteiger partial charge is 0.407 e. The van der Waals surface area contributed by atoms with Gasteiger partial charge in [0.2, 0.25) is 0 Å². The average Bonchev–Trinajstić information content (AvgIpc) is 2.78. The molecule has 1 aliphatic rings. The van der Waals surface area contributed by atoms with Crippen molar-refractivity contribution in [2.24, 2.45) is 0 Å². The summed E-state index contributed by atoms with van der Waals surface area (Å²) in [5.41, 5.74) is 2.80. The maximum atomic E-state index is 12.2. The van der Waals surface area contributed by atoms with E-state index >= 15 is 0 Å². The number of alkyl carbamates (subject to hydrolysis) is 1. The summed E-state index contributed by atoms with van der Waals surface area (Å²) in [4.78, 5) is 30.6. The first-order valence-corrected chi connectivity index (χ1v) is 9.81. The highest BCUT2D eigenvalue weighted by Gasteiger charge is 2.31. The minimum absolute atomic E-state index is 0.173. The summed E-state index contributed by atoms with van der Waals surface area (Å²) < 4.78 is 15.8. The number of carbonyl (C=O) groups is 2. The van der Waals surface area contributed by atoms with Crippen molar-refractivity contribution in [1.29, 1.82) is 0 Å². The molecule has 8 nitrogen and oxygen atoms in total. The number of hydrogen-bond acceptors (Lipinski definition) is 7. The number of anilines is 1. The monoisotopic (exact) mass is 413 g/mol. The zero-order valence-electron chi connectivity index (χ0n) is 17.5. The number of piperidine rings is 1. The van der Waals surface area contributed by atoms with Gasteiger partial charge in [-0.2, -0.15) is 0 Å². The van der Waals surface area contributed by atoms with Gasteiger partial charge in [-0.1, -0.05) is 30.3 Å². The number of hydrogen-bond donors (Lipinski definition) is 1. The van der Waals surface area contributed by atoms with Gasteiger partial charge in [0.1, 0.15) is 6.61 Å². The van der Waals surface area contributed by atoms with Crippen molar-refractivity contribution >= 4 is 17.7 Å². The Hall–Kier alpha value is -3.13. The Labute approximate surface area is 176 Å². The van der Waals surface area contributed by atoms with E-state index in [1.807, 2.05) is 30.3 Å². The van der Waals surface area contributed by atoms with Gasteiger partial charge in [-0.25, -0.2) is 9.59 Å². The van der Waals surface area contributed by atoms with Crippen LogP contribution in [0.15, 0.2) is 42.6 Å². The van der Waals surface area contributed by atoms with Crippen LogP contribution in [0.3, 0.4) is 0 Å². The van der Waals surface area contributed by atoms with Gasteiger partial charge in [-0.15, -0.1) is 0 Å². The summed E-state index contributed by atoms with van der Waals surface area (Å²) in [6.07, 6.45) is 1.70. The molecule has 0 saturated carbocycles. The van der Waals surface area contributed by atoms with Crippen molar-refractivity contribution in [3.8, 4) is 0 Å². The molecule has 2 atom stereocenters. The molecule has 3 rings (SSSR count). The van der Waals surface area contributed by atoms with Gasteiger partial charge in [0, 0.05) is 20.2 Å². The van der Waals surface area contributed by atoms with Crippen LogP contribution >= 0.6 is 0 Å². The molecule has 0 aliphatic carbocycles. The van der Waals surface area contributed by atoms with Crippen molar-refractivity contribution in [1.82, 2.24) is 10.3 Å². The number of aryl methyl sites for hydroxylation is 1. The van der Waals surface area contributed by atoms with Crippen molar-refractivity contribution < 1.29 is 23.8 Å². The third-order valence-electron chi connectivity index (χ3n) is 5.22. The van der Waals surface area contributed by atoms with Crippen molar-refractivity contribution in [2.75, 3.05) is 32.2 Å². The number of nitrogens with one attached hydrogen (secondary N) is 1. The van der Waals surface area contributed by atoms with E-state index in [1.54, 1.807) is 26.3 Å². The highest BCUT2D eigenvalue weighted by Crippen LogP contribution is 2.23. The molecule has 1 fully saturated rings. The molecule has 1 aliphatic heterocycles. The summed E-state index contributed by atoms with van der Waals surface area (Å²) in [5, 5.41) is 2.91. The molecule has 0 unspecified atom stereocenters. The SMILES string of the molecule is COC(=O)c1cc(N2CC[C@@H](NC(=O)OCc3ccccc3)[C@@H](OC)C2)cnc1C. The molecule has 8 heteroatoms. The third-order valence-corrected chi connectivity index (χ3v) is 5.22. The van der Waals surface area contributed by atoms with Crippen LogP contribution in [0.25, 0.3) is 0 Å². The van der Waals surface area contributed by atoms with Crippen molar-refractivity contribution in [3.63, 3.8) is 0 Å². The molecular weight excluding hydrogens is 386 g/mol. The summed E-state index contributed by atoms with van der Waals surface area (Å²) >= 11 is 0. The van der Waals surface area contributed by atoms with E-state index < -0.39 is 12.1 Å². The molecule has 1 amide bonds. The molecule has 2 aromatic rings. The van der Waals surface area contributed by atoms with Crippen LogP contribution in [-0.4, -0.2) is 56.5 Å². The van der Waals surface area contributed by atoms with Gasteiger partial charge in [0.15, 0.2) is 0 Å². The van der Waals surface area contributed by atoms with Gasteiger partial charge < -0.3 is 24.4 Å². The Kier molecular flexibility index (Phi) is 7.24.